The fraction of sp³-hybridized carbons (Fsp3) is 0.606. The van der Waals surface area contributed by atoms with Crippen molar-refractivity contribution in [3.8, 4) is 0 Å². The van der Waals surface area contributed by atoms with E-state index in [1.54, 1.807) is 26.4 Å². The number of aliphatic hydroxyl groups is 1. The maximum absolute atomic E-state index is 10.6. The Kier molecular flexibility index (Phi) is 33.6. The minimum absolute atomic E-state index is 0.340. The zero-order chi connectivity index (χ0) is 37.8. The molecule has 0 atom stereocenters. The number of ether oxygens (including phenoxy) is 7. The molecular weight excluding hydrogens is 652 g/mol. The summed E-state index contributed by atoms with van der Waals surface area (Å²) in [6.45, 7) is 9.71. The quantitative estimate of drug-likeness (QED) is 0.0375. The van der Waals surface area contributed by atoms with E-state index in [4.69, 9.17) is 35.1 Å². The molecule has 0 spiro atoms. The lowest BCUT2D eigenvalue weighted by atomic mass is 10.2. The number of likely N-dealkylation sites (N-methyl/N-ethyl adjacent to an activating group) is 2. The van der Waals surface area contributed by atoms with E-state index in [0.29, 0.717) is 45.1 Å². The van der Waals surface area contributed by atoms with E-state index in [1.807, 2.05) is 36.4 Å². The monoisotopic (exact) mass is 708 g/mol. The molecule has 0 aliphatic rings. The second-order valence-corrected chi connectivity index (χ2v) is 9.39. The number of methoxy groups -OCH3 is 5. The number of benzene rings is 2. The Morgan fingerprint density at radius 3 is 1.38 bits per heavy atom. The van der Waals surface area contributed by atoms with E-state index in [0.717, 1.165) is 56.5 Å². The van der Waals surface area contributed by atoms with Gasteiger partial charge in [0.25, 0.3) is 6.48 Å². The second-order valence-electron chi connectivity index (χ2n) is 9.39. The molecule has 1 N–H and O–H groups in total. The van der Waals surface area contributed by atoms with Gasteiger partial charge in [-0.05, 0) is 61.3 Å². The molecule has 17 nitrogen and oxygen atoms in total. The molecule has 0 aromatic heterocycles. The number of carbonyl (C=O) groups is 1. The van der Waals surface area contributed by atoms with E-state index < -0.39 is 6.48 Å². The van der Waals surface area contributed by atoms with Crippen molar-refractivity contribution in [1.82, 2.24) is 0 Å². The summed E-state index contributed by atoms with van der Waals surface area (Å²) in [6, 6.07) is 15.5. The van der Waals surface area contributed by atoms with Crippen LogP contribution in [-0.4, -0.2) is 126 Å². The molecule has 0 fully saturated rings. The average molecular weight is 709 g/mol. The van der Waals surface area contributed by atoms with Gasteiger partial charge in [-0.3, -0.25) is 4.79 Å². The number of anilines is 2. The molecule has 0 saturated heterocycles. The number of hydrogen-bond donors (Lipinski definition) is 1. The van der Waals surface area contributed by atoms with Crippen molar-refractivity contribution < 1.29 is 43.1 Å². The lowest BCUT2D eigenvalue weighted by molar-refractivity contribution is -0.252. The molecule has 2 aromatic carbocycles. The standard InChI is InChI=1S/C15H24N4O3.C13H18N4O2.C4H10O3.CH4O/c1-4-19(10-12-22-11-9-17-18-16)14-7-5-13(6-8-14)15(20-2)21-3;1-2-17(8-10-19-9-7-15-16-14)13-5-3-12(11-18)4-6-13;1-5-4(6-2)7-3;1-2/h5-8,15H,4,9-12H2,1-3H3;3-6,11H,2,7-10H2,1H3;4H,1-3H3;2H,1H3. The first-order chi connectivity index (χ1) is 24.4. The SMILES string of the molecule is CCN(CCOCCN=[N+]=[N-])c1ccc(C(OC)OC)cc1.CCN(CCOCCN=[N+]=[N-])c1ccc(C=O)cc1.CO.COC(OC)OC. The summed E-state index contributed by atoms with van der Waals surface area (Å²) in [6.07, 6.45) is 0.493. The Labute approximate surface area is 296 Å². The van der Waals surface area contributed by atoms with Gasteiger partial charge in [-0.25, -0.2) is 0 Å². The highest BCUT2D eigenvalue weighted by atomic mass is 16.8. The van der Waals surface area contributed by atoms with Crippen LogP contribution >= 0.6 is 0 Å². The van der Waals surface area contributed by atoms with E-state index in [1.165, 1.54) is 21.3 Å². The van der Waals surface area contributed by atoms with Gasteiger partial charge in [0.15, 0.2) is 6.29 Å². The van der Waals surface area contributed by atoms with Crippen LogP contribution in [0.3, 0.4) is 0 Å². The summed E-state index contributed by atoms with van der Waals surface area (Å²) < 4.78 is 35.1. The molecule has 2 rings (SSSR count). The van der Waals surface area contributed by atoms with Gasteiger partial charge in [0.05, 0.1) is 26.4 Å². The van der Waals surface area contributed by atoms with Crippen LogP contribution in [0, 0.1) is 0 Å². The third-order valence-corrected chi connectivity index (χ3v) is 6.50. The van der Waals surface area contributed by atoms with Crippen LogP contribution in [0.4, 0.5) is 11.4 Å². The normalized spacial score (nSPS) is 9.90. The van der Waals surface area contributed by atoms with Crippen LogP contribution in [0.15, 0.2) is 58.8 Å². The summed E-state index contributed by atoms with van der Waals surface area (Å²) in [5, 5.41) is 13.8. The van der Waals surface area contributed by atoms with Gasteiger partial charge < -0.3 is 48.1 Å². The smallest absolute Gasteiger partial charge is 0.270 e. The van der Waals surface area contributed by atoms with Crippen LogP contribution in [0.2, 0.25) is 0 Å². The Bertz CT molecular complexity index is 1150. The number of azide groups is 2. The zero-order valence-electron chi connectivity index (χ0n) is 30.7. The molecule has 0 aliphatic heterocycles. The average Bonchev–Trinajstić information content (AvgIpc) is 3.17. The van der Waals surface area contributed by atoms with Crippen molar-refractivity contribution in [3.05, 3.63) is 80.5 Å². The van der Waals surface area contributed by atoms with Gasteiger partial charge >= 0.3 is 0 Å². The van der Waals surface area contributed by atoms with Crippen LogP contribution in [0.5, 0.6) is 0 Å². The number of rotatable bonds is 23. The highest BCUT2D eigenvalue weighted by Crippen LogP contribution is 2.21. The van der Waals surface area contributed by atoms with Gasteiger partial charge in [-0.1, -0.05) is 22.4 Å². The zero-order valence-corrected chi connectivity index (χ0v) is 30.7. The van der Waals surface area contributed by atoms with Crippen molar-refractivity contribution in [2.75, 3.05) is 118 Å². The molecule has 17 heteroatoms. The first kappa shape index (κ1) is 48.1. The van der Waals surface area contributed by atoms with E-state index in [-0.39, 0.29) is 6.29 Å². The summed E-state index contributed by atoms with van der Waals surface area (Å²) in [4.78, 5) is 20.3. The molecule has 282 valence electrons. The minimum atomic E-state index is -0.514. The maximum Gasteiger partial charge on any atom is 0.270 e. The largest absolute Gasteiger partial charge is 0.400 e. The van der Waals surface area contributed by atoms with E-state index in [2.05, 4.69) is 57.9 Å². The van der Waals surface area contributed by atoms with Crippen molar-refractivity contribution in [3.63, 3.8) is 0 Å². The second kappa shape index (κ2) is 34.9. The molecule has 2 aromatic rings. The third kappa shape index (κ3) is 22.6. The third-order valence-electron chi connectivity index (χ3n) is 6.50. The Balaban J connectivity index is 0. The molecule has 50 heavy (non-hydrogen) atoms. The minimum Gasteiger partial charge on any atom is -0.400 e. The van der Waals surface area contributed by atoms with Crippen molar-refractivity contribution in [2.45, 2.75) is 26.6 Å². The van der Waals surface area contributed by atoms with Crippen LogP contribution in [0.25, 0.3) is 20.9 Å². The van der Waals surface area contributed by atoms with Crippen LogP contribution in [0.1, 0.15) is 36.1 Å². The molecular formula is C33H56N8O9. The number of nitrogens with zero attached hydrogens (tertiary/aromatic N) is 8. The van der Waals surface area contributed by atoms with Crippen LogP contribution in [-0.2, 0) is 33.2 Å². The first-order valence-corrected chi connectivity index (χ1v) is 15.8. The van der Waals surface area contributed by atoms with Gasteiger partial charge in [0.1, 0.15) is 6.29 Å². The highest BCUT2D eigenvalue weighted by Gasteiger charge is 2.10. The van der Waals surface area contributed by atoms with E-state index >= 15 is 0 Å². The summed E-state index contributed by atoms with van der Waals surface area (Å²) >= 11 is 0. The predicted octanol–water partition coefficient (Wildman–Crippen LogP) is 5.60. The van der Waals surface area contributed by atoms with E-state index in [9.17, 15) is 4.79 Å². The number of carbonyl (C=O) groups excluding carboxylic acids is 1. The number of hydrogen-bond acceptors (Lipinski definition) is 13. The maximum atomic E-state index is 10.6. The number of aldehydes is 1. The molecule has 0 heterocycles. The molecule has 0 aliphatic carbocycles. The van der Waals surface area contributed by atoms with Gasteiger partial charge in [-0.15, -0.1) is 0 Å². The fourth-order valence-corrected chi connectivity index (χ4v) is 4.06. The van der Waals surface area contributed by atoms with Crippen molar-refractivity contribution >= 4 is 17.7 Å². The lowest BCUT2D eigenvalue weighted by Gasteiger charge is -2.24. The fourth-order valence-electron chi connectivity index (χ4n) is 4.06. The molecule has 0 saturated carbocycles. The molecule has 0 radical (unpaired) electrons. The molecule has 0 bridgehead atoms. The Morgan fingerprint density at radius 1 is 0.680 bits per heavy atom. The predicted molar refractivity (Wildman–Crippen MR) is 193 cm³/mol. The topological polar surface area (TPSA) is 206 Å². The van der Waals surface area contributed by atoms with Gasteiger partial charge in [0, 0.05) is 114 Å². The number of aliphatic hydroxyl groups excluding tert-OH is 1. The summed E-state index contributed by atoms with van der Waals surface area (Å²) in [7, 11) is 8.77. The lowest BCUT2D eigenvalue weighted by Crippen LogP contribution is -2.27. The van der Waals surface area contributed by atoms with Gasteiger partial charge in [-0.2, -0.15) is 0 Å². The summed E-state index contributed by atoms with van der Waals surface area (Å²) in [5.74, 6) is 0. The highest BCUT2D eigenvalue weighted by molar-refractivity contribution is 5.75. The Hall–Kier alpha value is -3.99. The van der Waals surface area contributed by atoms with Crippen LogP contribution < -0.4 is 9.80 Å². The van der Waals surface area contributed by atoms with Gasteiger partial charge in [0.2, 0.25) is 0 Å². The van der Waals surface area contributed by atoms with Crippen molar-refractivity contribution in [1.29, 1.82) is 0 Å². The Morgan fingerprint density at radius 2 is 1.08 bits per heavy atom. The summed E-state index contributed by atoms with van der Waals surface area (Å²) in [5.41, 5.74) is 20.1. The molecule has 0 unspecified atom stereocenters. The molecule has 0 amide bonds. The first-order valence-electron chi connectivity index (χ1n) is 15.8. The van der Waals surface area contributed by atoms with Crippen molar-refractivity contribution in [2.24, 2.45) is 10.2 Å².